The number of rotatable bonds is 6. The van der Waals surface area contributed by atoms with Crippen LogP contribution in [0.3, 0.4) is 0 Å². The van der Waals surface area contributed by atoms with E-state index in [-0.39, 0.29) is 18.0 Å². The van der Waals surface area contributed by atoms with Crippen molar-refractivity contribution in [3.8, 4) is 5.75 Å². The lowest BCUT2D eigenvalue weighted by Gasteiger charge is -2.11. The summed E-state index contributed by atoms with van der Waals surface area (Å²) in [7, 11) is 1.60. The minimum absolute atomic E-state index is 0.0790. The molecule has 0 saturated carbocycles. The van der Waals surface area contributed by atoms with E-state index in [9.17, 15) is 9.18 Å². The van der Waals surface area contributed by atoms with Crippen LogP contribution in [-0.4, -0.2) is 24.7 Å². The summed E-state index contributed by atoms with van der Waals surface area (Å²) in [5.41, 5.74) is 1.05. The first-order valence-electron chi connectivity index (χ1n) is 8.83. The van der Waals surface area contributed by atoms with Gasteiger partial charge in [0.05, 0.1) is 19.9 Å². The van der Waals surface area contributed by atoms with Gasteiger partial charge < -0.3 is 14.8 Å². The second-order valence-corrected chi connectivity index (χ2v) is 4.47. The van der Waals surface area contributed by atoms with Gasteiger partial charge in [0, 0.05) is 6.54 Å². The molecule has 1 aromatic carbocycles. The van der Waals surface area contributed by atoms with Gasteiger partial charge in [-0.15, -0.1) is 0 Å². The van der Waals surface area contributed by atoms with Crippen LogP contribution in [0, 0.1) is 5.82 Å². The van der Waals surface area contributed by atoms with Crippen molar-refractivity contribution in [1.82, 2.24) is 4.98 Å². The highest BCUT2D eigenvalue weighted by Gasteiger charge is 2.15. The maximum absolute atomic E-state index is 13.3. The molecule has 0 bridgehead atoms. The Bertz CT molecular complexity index is 646. The molecule has 6 heteroatoms. The molecule has 0 aliphatic carbocycles. The lowest BCUT2D eigenvalue weighted by atomic mass is 10.2. The number of nitrogens with one attached hydrogen (secondary N) is 1. The number of pyridine rings is 1. The first-order valence-corrected chi connectivity index (χ1v) is 8.83. The summed E-state index contributed by atoms with van der Waals surface area (Å²) in [5.74, 6) is -0.142. The predicted molar refractivity (Wildman–Crippen MR) is 103 cm³/mol. The van der Waals surface area contributed by atoms with Crippen LogP contribution in [0.25, 0.3) is 0 Å². The zero-order valence-electron chi connectivity index (χ0n) is 16.4. The maximum Gasteiger partial charge on any atom is 0.342 e. The third-order valence-electron chi connectivity index (χ3n) is 2.97. The molecule has 0 saturated heterocycles. The van der Waals surface area contributed by atoms with Crippen LogP contribution in [0.4, 0.5) is 10.2 Å². The Labute approximate surface area is 155 Å². The van der Waals surface area contributed by atoms with E-state index in [1.165, 1.54) is 0 Å². The van der Waals surface area contributed by atoms with E-state index in [0.29, 0.717) is 6.54 Å². The highest BCUT2D eigenvalue weighted by molar-refractivity contribution is 5.94. The van der Waals surface area contributed by atoms with E-state index in [1.54, 1.807) is 14.0 Å². The van der Waals surface area contributed by atoms with Gasteiger partial charge in [0.1, 0.15) is 22.9 Å². The van der Waals surface area contributed by atoms with Gasteiger partial charge in [-0.3, -0.25) is 0 Å². The fraction of sp³-hybridized carbons (Fsp3) is 0.400. The minimum Gasteiger partial charge on any atom is -0.497 e. The minimum atomic E-state index is -0.605. The highest BCUT2D eigenvalue weighted by atomic mass is 19.1. The summed E-state index contributed by atoms with van der Waals surface area (Å²) >= 11 is 0. The molecule has 144 valence electrons. The van der Waals surface area contributed by atoms with Crippen molar-refractivity contribution in [3.63, 3.8) is 0 Å². The molecule has 5 nitrogen and oxygen atoms in total. The largest absolute Gasteiger partial charge is 0.497 e. The Morgan fingerprint density at radius 1 is 1.15 bits per heavy atom. The maximum atomic E-state index is 13.3. The average molecular weight is 364 g/mol. The second kappa shape index (κ2) is 13.6. The molecule has 0 radical (unpaired) electrons. The molecule has 0 atom stereocenters. The number of hydrogen-bond donors (Lipinski definition) is 1. The Balaban J connectivity index is 0.00000146. The number of esters is 1. The van der Waals surface area contributed by atoms with Crippen molar-refractivity contribution >= 4 is 11.8 Å². The van der Waals surface area contributed by atoms with Crippen LogP contribution in [0.2, 0.25) is 0 Å². The molecule has 1 aromatic heterocycles. The number of ether oxygens (including phenoxy) is 2. The third kappa shape index (κ3) is 7.51. The van der Waals surface area contributed by atoms with Gasteiger partial charge in [-0.2, -0.15) is 0 Å². The van der Waals surface area contributed by atoms with Crippen LogP contribution in [-0.2, 0) is 11.3 Å². The molecule has 0 fully saturated rings. The van der Waals surface area contributed by atoms with E-state index in [1.807, 2.05) is 52.0 Å². The molecule has 1 N–H and O–H groups in total. The van der Waals surface area contributed by atoms with Crippen LogP contribution >= 0.6 is 0 Å². The van der Waals surface area contributed by atoms with Crippen molar-refractivity contribution < 1.29 is 18.7 Å². The Hall–Kier alpha value is -2.63. The van der Waals surface area contributed by atoms with Crippen LogP contribution < -0.4 is 10.1 Å². The predicted octanol–water partition coefficient (Wildman–Crippen LogP) is 5.07. The van der Waals surface area contributed by atoms with Gasteiger partial charge >= 0.3 is 5.97 Å². The number of halogens is 1. The average Bonchev–Trinajstić information content (AvgIpc) is 2.70. The van der Waals surface area contributed by atoms with Crippen LogP contribution in [0.1, 0.15) is 50.5 Å². The van der Waals surface area contributed by atoms with Gasteiger partial charge in [-0.05, 0) is 30.7 Å². The zero-order valence-corrected chi connectivity index (χ0v) is 16.4. The lowest BCUT2D eigenvalue weighted by Crippen LogP contribution is -2.12. The summed E-state index contributed by atoms with van der Waals surface area (Å²) in [6.45, 7) is 10.3. The van der Waals surface area contributed by atoms with E-state index in [2.05, 4.69) is 10.3 Å². The fourth-order valence-corrected chi connectivity index (χ4v) is 1.87. The number of carbonyl (C=O) groups excluding carboxylic acids is 1. The smallest absolute Gasteiger partial charge is 0.342 e. The number of hydrogen-bond acceptors (Lipinski definition) is 5. The van der Waals surface area contributed by atoms with Gasteiger partial charge in [-0.25, -0.2) is 14.2 Å². The molecule has 2 aromatic rings. The summed E-state index contributed by atoms with van der Waals surface area (Å²) < 4.78 is 23.3. The molecule has 0 aliphatic heterocycles. The summed E-state index contributed by atoms with van der Waals surface area (Å²) in [5, 5.41) is 3.01. The molecule has 0 aliphatic rings. The quantitative estimate of drug-likeness (QED) is 0.725. The first-order chi connectivity index (χ1) is 12.6. The molecule has 1 heterocycles. The Kier molecular flexibility index (Phi) is 12.3. The van der Waals surface area contributed by atoms with E-state index in [4.69, 9.17) is 9.47 Å². The third-order valence-corrected chi connectivity index (χ3v) is 2.97. The number of aromatic nitrogens is 1. The fourth-order valence-electron chi connectivity index (χ4n) is 1.87. The van der Waals surface area contributed by atoms with Crippen molar-refractivity contribution in [2.75, 3.05) is 19.0 Å². The standard InChI is InChI=1S/C16H17FN2O3.2C2H6/c1-3-22-16(20)14-8-12(17)10-19-15(14)18-9-11-4-6-13(21-2)7-5-11;2*1-2/h4-8,10H,3,9H2,1-2H3,(H,18,19);2*1-2H3. The Morgan fingerprint density at radius 3 is 2.31 bits per heavy atom. The second-order valence-electron chi connectivity index (χ2n) is 4.47. The van der Waals surface area contributed by atoms with Crippen molar-refractivity contribution in [2.24, 2.45) is 0 Å². The topological polar surface area (TPSA) is 60.5 Å². The monoisotopic (exact) mass is 364 g/mol. The number of anilines is 1. The van der Waals surface area contributed by atoms with Gasteiger partial charge in [-0.1, -0.05) is 39.8 Å². The van der Waals surface area contributed by atoms with Gasteiger partial charge in [0.15, 0.2) is 0 Å². The van der Waals surface area contributed by atoms with Crippen LogP contribution in [0.5, 0.6) is 5.75 Å². The summed E-state index contributed by atoms with van der Waals surface area (Å²) in [6, 6.07) is 8.56. The van der Waals surface area contributed by atoms with E-state index in [0.717, 1.165) is 23.6 Å². The molecule has 0 amide bonds. The van der Waals surface area contributed by atoms with Gasteiger partial charge in [0.25, 0.3) is 0 Å². The molecular formula is C20H29FN2O3. The van der Waals surface area contributed by atoms with E-state index >= 15 is 0 Å². The highest BCUT2D eigenvalue weighted by Crippen LogP contribution is 2.17. The number of carbonyl (C=O) groups is 1. The van der Waals surface area contributed by atoms with Crippen LogP contribution in [0.15, 0.2) is 36.5 Å². The van der Waals surface area contributed by atoms with Gasteiger partial charge in [0.2, 0.25) is 0 Å². The van der Waals surface area contributed by atoms with Crippen molar-refractivity contribution in [3.05, 3.63) is 53.5 Å². The van der Waals surface area contributed by atoms with Crippen molar-refractivity contribution in [1.29, 1.82) is 0 Å². The molecule has 2 rings (SSSR count). The van der Waals surface area contributed by atoms with Crippen molar-refractivity contribution in [2.45, 2.75) is 41.2 Å². The number of nitrogens with zero attached hydrogens (tertiary/aromatic N) is 1. The Morgan fingerprint density at radius 2 is 1.77 bits per heavy atom. The molecule has 26 heavy (non-hydrogen) atoms. The molecular weight excluding hydrogens is 335 g/mol. The molecule has 0 spiro atoms. The summed E-state index contributed by atoms with van der Waals surface area (Å²) in [6.07, 6.45) is 1.05. The normalized spacial score (nSPS) is 9.04. The first kappa shape index (κ1) is 23.4. The SMILES string of the molecule is CC.CC.CCOC(=O)c1cc(F)cnc1NCc1ccc(OC)cc1. The van der Waals surface area contributed by atoms with E-state index < -0.39 is 11.8 Å². The number of methoxy groups -OCH3 is 1. The lowest BCUT2D eigenvalue weighted by molar-refractivity contribution is 0.0526. The number of benzene rings is 1. The molecule has 0 unspecified atom stereocenters. The summed E-state index contributed by atoms with van der Waals surface area (Å²) in [4.78, 5) is 15.7. The zero-order chi connectivity index (χ0) is 19.9.